The van der Waals surface area contributed by atoms with Crippen LogP contribution < -0.4 is 10.2 Å². The van der Waals surface area contributed by atoms with Crippen LogP contribution in [0.4, 0.5) is 0 Å². The first-order chi connectivity index (χ1) is 37.0. The van der Waals surface area contributed by atoms with Gasteiger partial charge in [-0.3, -0.25) is 9.36 Å². The lowest BCUT2D eigenvalue weighted by atomic mass is 10.0. The Bertz CT molecular complexity index is 1510. The number of aliphatic hydroxyl groups is 1. The van der Waals surface area contributed by atoms with Crippen LogP contribution >= 0.6 is 7.82 Å². The first kappa shape index (κ1) is 73.7. The molecule has 76 heavy (non-hydrogen) atoms. The predicted octanol–water partition coefficient (Wildman–Crippen LogP) is 19.4. The number of unbranched alkanes of at least 4 members (excludes halogenated alkanes) is 33. The predicted molar refractivity (Wildman–Crippen MR) is 330 cm³/mol. The number of hydrogen-bond donors (Lipinski definition) is 2. The largest absolute Gasteiger partial charge is 0.756 e. The molecule has 0 aliphatic rings. The fraction of sp³-hybridized carbons (Fsp3) is 0.776. The van der Waals surface area contributed by atoms with E-state index in [0.717, 1.165) is 70.6 Å². The van der Waals surface area contributed by atoms with Gasteiger partial charge in [0.25, 0.3) is 7.82 Å². The van der Waals surface area contributed by atoms with E-state index in [-0.39, 0.29) is 12.5 Å². The number of aliphatic hydroxyl groups excluding tert-OH is 1. The van der Waals surface area contributed by atoms with E-state index < -0.39 is 26.6 Å². The lowest BCUT2D eigenvalue weighted by molar-refractivity contribution is -0.870. The number of hydrogen-bond acceptors (Lipinski definition) is 6. The van der Waals surface area contributed by atoms with Crippen molar-refractivity contribution in [1.29, 1.82) is 0 Å². The maximum Gasteiger partial charge on any atom is 0.268 e. The molecule has 0 rings (SSSR count). The highest BCUT2D eigenvalue weighted by Crippen LogP contribution is 2.38. The molecule has 0 heterocycles. The van der Waals surface area contributed by atoms with Gasteiger partial charge in [0.2, 0.25) is 5.91 Å². The SMILES string of the molecule is CC/C=C\C/C=C\C/C=C\C/C=C\CCCCCCCCCCCCCCCCCCCCCCCCC(=O)NC(COP(=O)([O-])OCC[N+](C)(C)C)C(O)/C=C/CC/C=C/CC/C=C/CCCCCCCCCCC. The minimum Gasteiger partial charge on any atom is -0.756 e. The standard InChI is InChI=1S/C67H123N2O6P/c1-6-8-10-12-14-16-18-20-22-24-26-27-28-29-30-31-32-33-34-35-36-37-38-39-40-41-43-45-47-49-51-53-55-57-59-61-67(71)68-65(64-75-76(72,73)74-63-62-69(3,4)5)66(70)60-58-56-54-52-50-48-46-44-42-25-23-21-19-17-15-13-11-9-7-2/h8,10,14,16,20,22,26-27,42,44,50,52,58,60,65-66,70H,6-7,9,11-13,15,17-19,21,23-25,28-41,43,45-49,51,53-57,59,61-64H2,1-5H3,(H-,68,71,72,73)/b10-8-,16-14-,22-20-,27-26-,44-42+,52-50+,60-58+. The van der Waals surface area contributed by atoms with Crippen LogP contribution in [0.2, 0.25) is 0 Å². The van der Waals surface area contributed by atoms with Crippen LogP contribution in [0.3, 0.4) is 0 Å². The van der Waals surface area contributed by atoms with Gasteiger partial charge in [-0.2, -0.15) is 0 Å². The van der Waals surface area contributed by atoms with Gasteiger partial charge in [0.15, 0.2) is 0 Å². The molecule has 0 saturated heterocycles. The fourth-order valence-electron chi connectivity index (χ4n) is 9.12. The molecule has 0 saturated carbocycles. The van der Waals surface area contributed by atoms with Crippen LogP contribution in [-0.2, 0) is 18.4 Å². The first-order valence-electron chi connectivity index (χ1n) is 31.9. The number of rotatable bonds is 58. The summed E-state index contributed by atoms with van der Waals surface area (Å²) >= 11 is 0. The van der Waals surface area contributed by atoms with E-state index in [1.807, 2.05) is 27.2 Å². The van der Waals surface area contributed by atoms with Gasteiger partial charge in [-0.05, 0) is 83.5 Å². The second kappa shape index (κ2) is 57.4. The zero-order valence-corrected chi connectivity index (χ0v) is 51.3. The van der Waals surface area contributed by atoms with Crippen LogP contribution in [0.5, 0.6) is 0 Å². The quantitative estimate of drug-likeness (QED) is 0.0272. The molecule has 3 unspecified atom stereocenters. The Morgan fingerprint density at radius 1 is 0.474 bits per heavy atom. The molecule has 9 heteroatoms. The molecule has 1 amide bonds. The molecular weight excluding hydrogens is 960 g/mol. The van der Waals surface area contributed by atoms with Crippen molar-refractivity contribution < 1.29 is 32.9 Å². The summed E-state index contributed by atoms with van der Waals surface area (Å²) < 4.78 is 23.4. The molecule has 0 fully saturated rings. The summed E-state index contributed by atoms with van der Waals surface area (Å²) in [6.45, 7) is 4.52. The summed E-state index contributed by atoms with van der Waals surface area (Å²) in [5, 5.41) is 13.9. The Kier molecular flexibility index (Phi) is 55.6. The summed E-state index contributed by atoms with van der Waals surface area (Å²) in [7, 11) is 1.24. The Hall–Kier alpha value is -2.32. The Morgan fingerprint density at radius 2 is 0.816 bits per heavy atom. The number of phosphoric acid groups is 1. The van der Waals surface area contributed by atoms with Gasteiger partial charge >= 0.3 is 0 Å². The lowest BCUT2D eigenvalue weighted by Crippen LogP contribution is -2.45. The number of nitrogens with one attached hydrogen (secondary N) is 1. The molecule has 3 atom stereocenters. The van der Waals surface area contributed by atoms with Crippen LogP contribution in [0.25, 0.3) is 0 Å². The van der Waals surface area contributed by atoms with E-state index in [9.17, 15) is 19.4 Å². The zero-order chi connectivity index (χ0) is 55.6. The van der Waals surface area contributed by atoms with Gasteiger partial charge < -0.3 is 28.8 Å². The number of amides is 1. The molecule has 2 N–H and O–H groups in total. The lowest BCUT2D eigenvalue weighted by Gasteiger charge is -2.29. The number of phosphoric ester groups is 1. The van der Waals surface area contributed by atoms with Crippen molar-refractivity contribution in [2.75, 3.05) is 40.9 Å². The van der Waals surface area contributed by atoms with Crippen molar-refractivity contribution in [1.82, 2.24) is 5.32 Å². The Morgan fingerprint density at radius 3 is 1.22 bits per heavy atom. The van der Waals surface area contributed by atoms with E-state index in [2.05, 4.69) is 92.1 Å². The van der Waals surface area contributed by atoms with E-state index in [0.29, 0.717) is 17.4 Å². The second-order valence-electron chi connectivity index (χ2n) is 22.7. The van der Waals surface area contributed by atoms with Crippen LogP contribution in [-0.4, -0.2) is 68.5 Å². The van der Waals surface area contributed by atoms with E-state index in [4.69, 9.17) is 9.05 Å². The van der Waals surface area contributed by atoms with Crippen molar-refractivity contribution in [3.05, 3.63) is 85.1 Å². The Labute approximate surface area is 471 Å². The molecule has 442 valence electrons. The molecule has 0 radical (unpaired) electrons. The van der Waals surface area contributed by atoms with Crippen LogP contribution in [0.15, 0.2) is 85.1 Å². The first-order valence-corrected chi connectivity index (χ1v) is 33.4. The number of nitrogens with zero attached hydrogens (tertiary/aromatic N) is 1. The highest BCUT2D eigenvalue weighted by Gasteiger charge is 2.23. The molecule has 0 aromatic heterocycles. The van der Waals surface area contributed by atoms with Gasteiger partial charge in [0.1, 0.15) is 13.2 Å². The molecule has 0 spiro atoms. The normalized spacial score (nSPS) is 14.4. The third-order valence-corrected chi connectivity index (χ3v) is 15.0. The van der Waals surface area contributed by atoms with Crippen molar-refractivity contribution >= 4 is 13.7 Å². The number of carbonyl (C=O) groups is 1. The highest BCUT2D eigenvalue weighted by molar-refractivity contribution is 7.45. The summed E-state index contributed by atoms with van der Waals surface area (Å²) in [4.78, 5) is 25.5. The number of allylic oxidation sites excluding steroid dienone is 13. The Balaban J connectivity index is 4.07. The molecule has 0 aromatic rings. The molecule has 8 nitrogen and oxygen atoms in total. The molecule has 0 aromatic carbocycles. The summed E-state index contributed by atoms with van der Waals surface area (Å²) in [6.07, 6.45) is 81.2. The van der Waals surface area contributed by atoms with Crippen LogP contribution in [0.1, 0.15) is 284 Å². The zero-order valence-electron chi connectivity index (χ0n) is 50.4. The fourth-order valence-corrected chi connectivity index (χ4v) is 9.84. The summed E-state index contributed by atoms with van der Waals surface area (Å²) in [6, 6.07) is -0.912. The van der Waals surface area contributed by atoms with Crippen LogP contribution in [0, 0.1) is 0 Å². The van der Waals surface area contributed by atoms with Crippen molar-refractivity contribution in [3.8, 4) is 0 Å². The molecular formula is C67H123N2O6P. The average Bonchev–Trinajstić information content (AvgIpc) is 3.38. The minimum absolute atomic E-state index is 0.0101. The number of quaternary nitrogens is 1. The average molecular weight is 1080 g/mol. The smallest absolute Gasteiger partial charge is 0.268 e. The highest BCUT2D eigenvalue weighted by atomic mass is 31.2. The monoisotopic (exact) mass is 1080 g/mol. The molecule has 0 aliphatic carbocycles. The maximum absolute atomic E-state index is 13.0. The number of likely N-dealkylation sites (N-methyl/N-ethyl adjacent to an activating group) is 1. The van der Waals surface area contributed by atoms with Gasteiger partial charge in [0, 0.05) is 6.42 Å². The van der Waals surface area contributed by atoms with E-state index >= 15 is 0 Å². The summed E-state index contributed by atoms with van der Waals surface area (Å²) in [5.41, 5.74) is 0. The topological polar surface area (TPSA) is 108 Å². The minimum atomic E-state index is -4.61. The van der Waals surface area contributed by atoms with Gasteiger partial charge in [0.05, 0.1) is 39.9 Å². The molecule has 0 bridgehead atoms. The van der Waals surface area contributed by atoms with Crippen molar-refractivity contribution in [2.24, 2.45) is 0 Å². The van der Waals surface area contributed by atoms with Gasteiger partial charge in [-0.25, -0.2) is 0 Å². The third-order valence-electron chi connectivity index (χ3n) is 14.1. The van der Waals surface area contributed by atoms with Crippen molar-refractivity contribution in [3.63, 3.8) is 0 Å². The number of carbonyl (C=O) groups excluding carboxylic acids is 1. The second-order valence-corrected chi connectivity index (χ2v) is 24.1. The third kappa shape index (κ3) is 59.3. The maximum atomic E-state index is 13.0. The van der Waals surface area contributed by atoms with E-state index in [1.165, 1.54) is 193 Å². The van der Waals surface area contributed by atoms with Gasteiger partial charge in [-0.1, -0.05) is 279 Å². The molecule has 0 aliphatic heterocycles. The van der Waals surface area contributed by atoms with Crippen molar-refractivity contribution in [2.45, 2.75) is 296 Å². The van der Waals surface area contributed by atoms with Gasteiger partial charge in [-0.15, -0.1) is 0 Å². The summed E-state index contributed by atoms with van der Waals surface area (Å²) in [5.74, 6) is -0.209. The van der Waals surface area contributed by atoms with E-state index in [1.54, 1.807) is 6.08 Å².